The molecule has 0 unspecified atom stereocenters. The fraction of sp³-hybridized carbons (Fsp3) is 0.250. The van der Waals surface area contributed by atoms with Crippen molar-refractivity contribution < 1.29 is 9.53 Å². The molecule has 1 aromatic heterocycles. The van der Waals surface area contributed by atoms with Crippen molar-refractivity contribution in [2.75, 3.05) is 6.61 Å². The molecule has 1 heterocycles. The summed E-state index contributed by atoms with van der Waals surface area (Å²) in [5.74, 6) is -0.340. The van der Waals surface area contributed by atoms with Crippen LogP contribution in [-0.2, 0) is 4.74 Å². The number of aromatic amines is 1. The summed E-state index contributed by atoms with van der Waals surface area (Å²) in [6.07, 6.45) is 0. The molecular formula is C12H12ClNO2. The average molecular weight is 238 g/mol. The van der Waals surface area contributed by atoms with E-state index in [0.717, 1.165) is 16.5 Å². The Bertz CT molecular complexity index is 545. The number of carbonyl (C=O) groups is 1. The Morgan fingerprint density at radius 2 is 2.25 bits per heavy atom. The summed E-state index contributed by atoms with van der Waals surface area (Å²) < 4.78 is 4.96. The molecule has 0 saturated heterocycles. The second kappa shape index (κ2) is 4.18. The zero-order valence-corrected chi connectivity index (χ0v) is 9.89. The number of nitrogens with one attached hydrogen (secondary N) is 1. The van der Waals surface area contributed by atoms with Gasteiger partial charge in [-0.2, -0.15) is 0 Å². The van der Waals surface area contributed by atoms with E-state index in [1.54, 1.807) is 13.0 Å². The zero-order chi connectivity index (χ0) is 11.7. The van der Waals surface area contributed by atoms with Crippen molar-refractivity contribution in [2.45, 2.75) is 13.8 Å². The SMILES string of the molecule is CCOC(=O)c1[nH]c2c(Cl)cccc2c1C. The van der Waals surface area contributed by atoms with E-state index in [1.807, 2.05) is 19.1 Å². The maximum absolute atomic E-state index is 11.6. The van der Waals surface area contributed by atoms with Crippen LogP contribution in [0.3, 0.4) is 0 Å². The molecule has 16 heavy (non-hydrogen) atoms. The normalized spacial score (nSPS) is 10.7. The maximum atomic E-state index is 11.6. The highest BCUT2D eigenvalue weighted by Crippen LogP contribution is 2.27. The largest absolute Gasteiger partial charge is 0.461 e. The van der Waals surface area contributed by atoms with Gasteiger partial charge in [0.2, 0.25) is 0 Å². The van der Waals surface area contributed by atoms with Crippen molar-refractivity contribution in [2.24, 2.45) is 0 Å². The minimum Gasteiger partial charge on any atom is -0.461 e. The molecule has 0 aliphatic carbocycles. The second-order valence-electron chi connectivity index (χ2n) is 3.51. The van der Waals surface area contributed by atoms with Crippen molar-refractivity contribution in [3.63, 3.8) is 0 Å². The topological polar surface area (TPSA) is 42.1 Å². The molecule has 0 bridgehead atoms. The lowest BCUT2D eigenvalue weighted by molar-refractivity contribution is 0.0520. The molecule has 2 aromatic rings. The number of H-pyrrole nitrogens is 1. The highest BCUT2D eigenvalue weighted by molar-refractivity contribution is 6.35. The molecule has 0 radical (unpaired) electrons. The van der Waals surface area contributed by atoms with Gasteiger partial charge >= 0.3 is 5.97 Å². The van der Waals surface area contributed by atoms with Gasteiger partial charge in [-0.15, -0.1) is 0 Å². The van der Waals surface area contributed by atoms with E-state index in [-0.39, 0.29) is 5.97 Å². The van der Waals surface area contributed by atoms with Crippen LogP contribution in [0.4, 0.5) is 0 Å². The molecule has 4 heteroatoms. The van der Waals surface area contributed by atoms with E-state index in [9.17, 15) is 4.79 Å². The Balaban J connectivity index is 2.60. The van der Waals surface area contributed by atoms with E-state index in [4.69, 9.17) is 16.3 Å². The van der Waals surface area contributed by atoms with Crippen LogP contribution in [0.5, 0.6) is 0 Å². The number of ether oxygens (including phenoxy) is 1. The Morgan fingerprint density at radius 1 is 1.50 bits per heavy atom. The lowest BCUT2D eigenvalue weighted by atomic mass is 10.1. The monoisotopic (exact) mass is 237 g/mol. The fourth-order valence-electron chi connectivity index (χ4n) is 1.72. The van der Waals surface area contributed by atoms with E-state index in [1.165, 1.54) is 0 Å². The molecule has 0 aliphatic rings. The minimum absolute atomic E-state index is 0.340. The number of benzene rings is 1. The third-order valence-corrected chi connectivity index (χ3v) is 2.84. The summed E-state index contributed by atoms with van der Waals surface area (Å²) in [5, 5.41) is 1.56. The third-order valence-electron chi connectivity index (χ3n) is 2.52. The third kappa shape index (κ3) is 1.67. The Morgan fingerprint density at radius 3 is 2.88 bits per heavy atom. The molecule has 0 spiro atoms. The molecule has 1 aromatic carbocycles. The number of aryl methyl sites for hydroxylation is 1. The number of rotatable bonds is 2. The van der Waals surface area contributed by atoms with Crippen LogP contribution >= 0.6 is 11.6 Å². The molecule has 0 saturated carbocycles. The smallest absolute Gasteiger partial charge is 0.355 e. The zero-order valence-electron chi connectivity index (χ0n) is 9.13. The minimum atomic E-state index is -0.340. The first-order chi connectivity index (χ1) is 7.65. The van der Waals surface area contributed by atoms with E-state index < -0.39 is 0 Å². The Labute approximate surface area is 98.4 Å². The van der Waals surface area contributed by atoms with Crippen molar-refractivity contribution in [3.8, 4) is 0 Å². The molecule has 1 N–H and O–H groups in total. The molecule has 2 rings (SSSR count). The average Bonchev–Trinajstić information content (AvgIpc) is 2.59. The van der Waals surface area contributed by atoms with E-state index in [0.29, 0.717) is 17.3 Å². The first-order valence-electron chi connectivity index (χ1n) is 5.09. The summed E-state index contributed by atoms with van der Waals surface area (Å²) in [6, 6.07) is 5.57. The number of hydrogen-bond acceptors (Lipinski definition) is 2. The van der Waals surface area contributed by atoms with Gasteiger partial charge < -0.3 is 9.72 Å². The molecule has 0 fully saturated rings. The summed E-state index contributed by atoms with van der Waals surface area (Å²) in [6.45, 7) is 4.02. The number of para-hydroxylation sites is 1. The van der Waals surface area contributed by atoms with Gasteiger partial charge in [-0.25, -0.2) is 4.79 Å². The van der Waals surface area contributed by atoms with Gasteiger partial charge in [-0.05, 0) is 25.5 Å². The molecule has 3 nitrogen and oxygen atoms in total. The van der Waals surface area contributed by atoms with Crippen LogP contribution in [0, 0.1) is 6.92 Å². The molecule has 0 amide bonds. The van der Waals surface area contributed by atoms with Crippen molar-refractivity contribution in [1.82, 2.24) is 4.98 Å². The lowest BCUT2D eigenvalue weighted by Gasteiger charge is -1.99. The highest BCUT2D eigenvalue weighted by Gasteiger charge is 2.16. The number of hydrogen-bond donors (Lipinski definition) is 1. The van der Waals surface area contributed by atoms with Crippen LogP contribution in [0.1, 0.15) is 23.0 Å². The molecular weight excluding hydrogens is 226 g/mol. The van der Waals surface area contributed by atoms with Gasteiger partial charge in [0.15, 0.2) is 0 Å². The first kappa shape index (κ1) is 11.0. The van der Waals surface area contributed by atoms with Crippen LogP contribution in [-0.4, -0.2) is 17.6 Å². The Kier molecular flexibility index (Phi) is 2.88. The quantitative estimate of drug-likeness (QED) is 0.815. The highest BCUT2D eigenvalue weighted by atomic mass is 35.5. The van der Waals surface area contributed by atoms with Gasteiger partial charge in [0, 0.05) is 5.39 Å². The predicted octanol–water partition coefficient (Wildman–Crippen LogP) is 3.31. The van der Waals surface area contributed by atoms with Crippen LogP contribution in [0.2, 0.25) is 5.02 Å². The maximum Gasteiger partial charge on any atom is 0.355 e. The number of carbonyl (C=O) groups excluding carboxylic acids is 1. The molecule has 84 valence electrons. The van der Waals surface area contributed by atoms with Crippen molar-refractivity contribution in [1.29, 1.82) is 0 Å². The number of fused-ring (bicyclic) bond motifs is 1. The van der Waals surface area contributed by atoms with Crippen LogP contribution < -0.4 is 0 Å². The van der Waals surface area contributed by atoms with Crippen molar-refractivity contribution >= 4 is 28.5 Å². The van der Waals surface area contributed by atoms with Gasteiger partial charge in [0.1, 0.15) is 5.69 Å². The molecule has 0 aliphatic heterocycles. The van der Waals surface area contributed by atoms with Gasteiger partial charge in [0.25, 0.3) is 0 Å². The summed E-state index contributed by atoms with van der Waals surface area (Å²) >= 11 is 6.04. The fourth-order valence-corrected chi connectivity index (χ4v) is 1.95. The first-order valence-corrected chi connectivity index (χ1v) is 5.46. The van der Waals surface area contributed by atoms with Crippen LogP contribution in [0.25, 0.3) is 10.9 Å². The van der Waals surface area contributed by atoms with E-state index in [2.05, 4.69) is 4.98 Å². The molecule has 0 atom stereocenters. The lowest BCUT2D eigenvalue weighted by Crippen LogP contribution is -2.06. The van der Waals surface area contributed by atoms with Crippen molar-refractivity contribution in [3.05, 3.63) is 34.5 Å². The standard InChI is InChI=1S/C12H12ClNO2/c1-3-16-12(15)10-7(2)8-5-4-6-9(13)11(8)14-10/h4-6,14H,3H2,1-2H3. The summed E-state index contributed by atoms with van der Waals surface area (Å²) in [7, 11) is 0. The van der Waals surface area contributed by atoms with Gasteiger partial charge in [-0.3, -0.25) is 0 Å². The van der Waals surface area contributed by atoms with Gasteiger partial charge in [0.05, 0.1) is 17.1 Å². The number of aromatic nitrogens is 1. The predicted molar refractivity (Wildman–Crippen MR) is 64.0 cm³/mol. The van der Waals surface area contributed by atoms with Crippen LogP contribution in [0.15, 0.2) is 18.2 Å². The summed E-state index contributed by atoms with van der Waals surface area (Å²) in [4.78, 5) is 14.7. The number of halogens is 1. The van der Waals surface area contributed by atoms with E-state index >= 15 is 0 Å². The number of esters is 1. The van der Waals surface area contributed by atoms with Gasteiger partial charge in [-0.1, -0.05) is 23.7 Å². The summed E-state index contributed by atoms with van der Waals surface area (Å²) in [5.41, 5.74) is 2.13. The Hall–Kier alpha value is -1.48. The second-order valence-corrected chi connectivity index (χ2v) is 3.92.